The summed E-state index contributed by atoms with van der Waals surface area (Å²) >= 11 is 0. The van der Waals surface area contributed by atoms with Crippen molar-refractivity contribution in [3.05, 3.63) is 76.5 Å². The van der Waals surface area contributed by atoms with Gasteiger partial charge in [-0.2, -0.15) is 20.1 Å². The molecule has 3 rings (SSSR count). The molecule has 0 unspecified atom stereocenters. The van der Waals surface area contributed by atoms with Gasteiger partial charge in [-0.25, -0.2) is 4.68 Å². The van der Waals surface area contributed by atoms with Gasteiger partial charge in [0.25, 0.3) is 11.5 Å². The molecule has 1 amide bonds. The van der Waals surface area contributed by atoms with Crippen LogP contribution in [0.2, 0.25) is 0 Å². The van der Waals surface area contributed by atoms with Gasteiger partial charge in [0, 0.05) is 13.1 Å². The second-order valence-electron chi connectivity index (χ2n) is 5.20. The normalized spacial score (nSPS) is 11.9. The molecule has 8 nitrogen and oxygen atoms in total. The molecule has 0 aliphatic heterocycles. The number of aryl methyl sites for hydroxylation is 1. The Balaban J connectivity index is 1.84. The first-order valence-electron chi connectivity index (χ1n) is 7.38. The topological polar surface area (TPSA) is 94.7 Å². The lowest BCUT2D eigenvalue weighted by Gasteiger charge is -2.18. The van der Waals surface area contributed by atoms with E-state index in [4.69, 9.17) is 0 Å². The molecule has 2 aromatic heterocycles. The zero-order valence-electron chi connectivity index (χ0n) is 13.0. The van der Waals surface area contributed by atoms with Crippen LogP contribution in [0.15, 0.2) is 59.7 Å². The summed E-state index contributed by atoms with van der Waals surface area (Å²) in [6, 6.07) is 11.9. The molecule has 1 aromatic carbocycles. The fraction of sp³-hybridized carbons (Fsp3) is 0.188. The molecule has 0 radical (unpaired) electrons. The van der Waals surface area contributed by atoms with Crippen molar-refractivity contribution in [1.29, 1.82) is 0 Å². The molecule has 8 heteroatoms. The second kappa shape index (κ2) is 6.86. The highest BCUT2D eigenvalue weighted by atomic mass is 16.2. The Hall–Kier alpha value is -3.29. The summed E-state index contributed by atoms with van der Waals surface area (Å²) in [4.78, 5) is 25.4. The maximum atomic E-state index is 12.5. The predicted octanol–water partition coefficient (Wildman–Crippen LogP) is 0.543. The van der Waals surface area contributed by atoms with Crippen molar-refractivity contribution in [3.63, 3.8) is 0 Å². The van der Waals surface area contributed by atoms with Crippen LogP contribution < -0.4 is 10.9 Å². The molecule has 24 heavy (non-hydrogen) atoms. The number of amides is 1. The Morgan fingerprint density at radius 2 is 1.83 bits per heavy atom. The highest BCUT2D eigenvalue weighted by molar-refractivity contribution is 5.92. The van der Waals surface area contributed by atoms with Gasteiger partial charge in [0.2, 0.25) is 0 Å². The van der Waals surface area contributed by atoms with E-state index in [-0.39, 0.29) is 23.2 Å². The average Bonchev–Trinajstić information content (AvgIpc) is 3.10. The van der Waals surface area contributed by atoms with E-state index in [1.54, 1.807) is 12.4 Å². The summed E-state index contributed by atoms with van der Waals surface area (Å²) in [5.74, 6) is -0.369. The van der Waals surface area contributed by atoms with Crippen LogP contribution in [-0.4, -0.2) is 30.7 Å². The van der Waals surface area contributed by atoms with Gasteiger partial charge >= 0.3 is 0 Å². The second-order valence-corrected chi connectivity index (χ2v) is 5.20. The highest BCUT2D eigenvalue weighted by Crippen LogP contribution is 2.14. The van der Waals surface area contributed by atoms with Gasteiger partial charge in [0.05, 0.1) is 25.0 Å². The number of carbonyl (C=O) groups is 1. The van der Waals surface area contributed by atoms with Gasteiger partial charge < -0.3 is 5.32 Å². The zero-order chi connectivity index (χ0) is 16.9. The lowest BCUT2D eigenvalue weighted by atomic mass is 10.1. The lowest BCUT2D eigenvalue weighted by molar-refractivity contribution is 0.0923. The monoisotopic (exact) mass is 324 g/mol. The Labute approximate surface area is 137 Å². The Kier molecular flexibility index (Phi) is 4.46. The summed E-state index contributed by atoms with van der Waals surface area (Å²) in [6.45, 7) is 0.383. The summed E-state index contributed by atoms with van der Waals surface area (Å²) in [5.41, 5.74) is 0.825. The van der Waals surface area contributed by atoms with Crippen LogP contribution in [0.1, 0.15) is 22.1 Å². The molecule has 0 saturated heterocycles. The third-order valence-electron chi connectivity index (χ3n) is 3.51. The van der Waals surface area contributed by atoms with Crippen LogP contribution in [0.4, 0.5) is 0 Å². The minimum Gasteiger partial charge on any atom is -0.342 e. The quantitative estimate of drug-likeness (QED) is 0.739. The maximum Gasteiger partial charge on any atom is 0.272 e. The minimum atomic E-state index is -0.369. The molecule has 0 aliphatic carbocycles. The van der Waals surface area contributed by atoms with Gasteiger partial charge in [-0.1, -0.05) is 30.3 Å². The smallest absolute Gasteiger partial charge is 0.272 e. The van der Waals surface area contributed by atoms with Crippen molar-refractivity contribution < 1.29 is 4.79 Å². The molecule has 2 heterocycles. The average molecular weight is 324 g/mol. The molecule has 122 valence electrons. The molecule has 0 bridgehead atoms. The van der Waals surface area contributed by atoms with Crippen molar-refractivity contribution in [2.24, 2.45) is 7.05 Å². The van der Waals surface area contributed by atoms with E-state index >= 15 is 0 Å². The van der Waals surface area contributed by atoms with E-state index in [1.807, 2.05) is 30.3 Å². The first kappa shape index (κ1) is 15.6. The van der Waals surface area contributed by atoms with Crippen LogP contribution in [0, 0.1) is 0 Å². The van der Waals surface area contributed by atoms with Gasteiger partial charge in [-0.3, -0.25) is 9.59 Å². The van der Waals surface area contributed by atoms with E-state index in [0.717, 1.165) is 10.2 Å². The lowest BCUT2D eigenvalue weighted by Crippen LogP contribution is -2.34. The molecule has 0 aliphatic rings. The fourth-order valence-electron chi connectivity index (χ4n) is 2.28. The van der Waals surface area contributed by atoms with Crippen LogP contribution in [-0.2, 0) is 13.6 Å². The molecule has 1 atom stereocenters. The standard InChI is InChI=1S/C16H16N6O2/c1-21-15(23)8-7-13(20-21)16(24)19-14(11-22-17-9-10-18-22)12-5-3-2-4-6-12/h2-10,14H,11H2,1H3,(H,19,24)/t14-/m1/s1. The van der Waals surface area contributed by atoms with Crippen molar-refractivity contribution in [2.45, 2.75) is 12.6 Å². The molecule has 0 fully saturated rings. The summed E-state index contributed by atoms with van der Waals surface area (Å²) in [5, 5.41) is 15.0. The zero-order valence-corrected chi connectivity index (χ0v) is 13.0. The van der Waals surface area contributed by atoms with Crippen LogP contribution in [0.25, 0.3) is 0 Å². The van der Waals surface area contributed by atoms with Crippen molar-refractivity contribution >= 4 is 5.91 Å². The molecule has 0 saturated carbocycles. The Morgan fingerprint density at radius 3 is 2.50 bits per heavy atom. The van der Waals surface area contributed by atoms with E-state index < -0.39 is 0 Å². The number of hydrogen-bond donors (Lipinski definition) is 1. The molecule has 0 spiro atoms. The van der Waals surface area contributed by atoms with Crippen LogP contribution in [0.5, 0.6) is 0 Å². The molecule has 1 N–H and O–H groups in total. The number of rotatable bonds is 5. The molecular weight excluding hydrogens is 308 g/mol. The Bertz CT molecular complexity index is 873. The number of carbonyl (C=O) groups excluding carboxylic acids is 1. The van der Waals surface area contributed by atoms with Crippen molar-refractivity contribution in [3.8, 4) is 0 Å². The highest BCUT2D eigenvalue weighted by Gasteiger charge is 2.18. The number of nitrogens with one attached hydrogen (secondary N) is 1. The van der Waals surface area contributed by atoms with E-state index in [9.17, 15) is 9.59 Å². The summed E-state index contributed by atoms with van der Waals surface area (Å²) in [6.07, 6.45) is 3.16. The largest absolute Gasteiger partial charge is 0.342 e. The van der Waals surface area contributed by atoms with Crippen LogP contribution in [0.3, 0.4) is 0 Å². The third-order valence-corrected chi connectivity index (χ3v) is 3.51. The first-order chi connectivity index (χ1) is 11.6. The van der Waals surface area contributed by atoms with E-state index in [0.29, 0.717) is 6.54 Å². The number of benzene rings is 1. The van der Waals surface area contributed by atoms with Crippen molar-refractivity contribution in [1.82, 2.24) is 30.1 Å². The summed E-state index contributed by atoms with van der Waals surface area (Å²) in [7, 11) is 1.50. The van der Waals surface area contributed by atoms with Crippen LogP contribution >= 0.6 is 0 Å². The minimum absolute atomic E-state index is 0.173. The predicted molar refractivity (Wildman–Crippen MR) is 86.1 cm³/mol. The Morgan fingerprint density at radius 1 is 1.12 bits per heavy atom. The van der Waals surface area contributed by atoms with Gasteiger partial charge in [0.15, 0.2) is 0 Å². The maximum absolute atomic E-state index is 12.5. The van der Waals surface area contributed by atoms with E-state index in [1.165, 1.54) is 24.0 Å². The third kappa shape index (κ3) is 3.54. The van der Waals surface area contributed by atoms with E-state index in [2.05, 4.69) is 20.6 Å². The van der Waals surface area contributed by atoms with Gasteiger partial charge in [0.1, 0.15) is 5.69 Å². The number of aromatic nitrogens is 5. The fourth-order valence-corrected chi connectivity index (χ4v) is 2.28. The first-order valence-corrected chi connectivity index (χ1v) is 7.38. The van der Waals surface area contributed by atoms with Gasteiger partial charge in [-0.15, -0.1) is 0 Å². The number of nitrogens with zero attached hydrogens (tertiary/aromatic N) is 5. The SMILES string of the molecule is Cn1nc(C(=O)N[C@H](Cn2nccn2)c2ccccc2)ccc1=O. The number of hydrogen-bond acceptors (Lipinski definition) is 5. The van der Waals surface area contributed by atoms with Crippen molar-refractivity contribution in [2.75, 3.05) is 0 Å². The molecular formula is C16H16N6O2. The molecule has 3 aromatic rings. The van der Waals surface area contributed by atoms with Gasteiger partial charge in [-0.05, 0) is 11.6 Å². The summed E-state index contributed by atoms with van der Waals surface area (Å²) < 4.78 is 1.13.